The van der Waals surface area contributed by atoms with Crippen molar-refractivity contribution in [3.63, 3.8) is 0 Å². The predicted molar refractivity (Wildman–Crippen MR) is 125 cm³/mol. The van der Waals surface area contributed by atoms with Crippen LogP contribution in [0.15, 0.2) is 23.0 Å². The largest absolute Gasteiger partial charge is 0.508 e. The van der Waals surface area contributed by atoms with E-state index in [0.717, 1.165) is 0 Å². The molecule has 0 aromatic heterocycles. The quantitative estimate of drug-likeness (QED) is 0.381. The number of fused-ring (bicyclic) bond motifs is 3. The lowest BCUT2D eigenvalue weighted by Gasteiger charge is -2.46. The maximum atomic E-state index is 13.6. The molecular weight excluding hydrogens is 456 g/mol. The molecule has 10 heteroatoms. The van der Waals surface area contributed by atoms with Crippen molar-refractivity contribution in [2.45, 2.75) is 44.6 Å². The standard InChI is InChI=1S/C25H28N2O8/c1-10(28)4-5-11-8-15(27(2)3)14-7-12-6-13-9-16(29)19(24(26)34)23(33)25(13,35)22(32)17(12)21(31)18(14)20(11)30/h8,12-13,30-31,33,35H,4-7,9H2,1-3H3,(H2,26,34)/t12-,13+,25+/m1/s1. The third-order valence-electron chi connectivity index (χ3n) is 7.35. The topological polar surface area (TPSA) is 178 Å². The summed E-state index contributed by atoms with van der Waals surface area (Å²) in [7, 11) is 3.58. The fourth-order valence-corrected chi connectivity index (χ4v) is 5.62. The molecule has 3 aliphatic rings. The maximum absolute atomic E-state index is 13.6. The number of phenolic OH excluding ortho intramolecular Hbond substituents is 1. The van der Waals surface area contributed by atoms with Crippen LogP contribution in [-0.2, 0) is 32.0 Å². The van der Waals surface area contributed by atoms with Crippen LogP contribution in [0.4, 0.5) is 5.69 Å². The molecule has 0 heterocycles. The van der Waals surface area contributed by atoms with Crippen LogP contribution in [0.2, 0.25) is 0 Å². The minimum Gasteiger partial charge on any atom is -0.508 e. The lowest BCUT2D eigenvalue weighted by atomic mass is 9.59. The first-order valence-electron chi connectivity index (χ1n) is 11.3. The Morgan fingerprint density at radius 3 is 2.40 bits per heavy atom. The highest BCUT2D eigenvalue weighted by atomic mass is 16.3. The number of ketones is 3. The summed E-state index contributed by atoms with van der Waals surface area (Å²) < 4.78 is 0. The Balaban J connectivity index is 1.93. The number of nitrogens with zero attached hydrogens (tertiary/aromatic N) is 1. The molecular formula is C25H28N2O8. The summed E-state index contributed by atoms with van der Waals surface area (Å²) in [5, 5.41) is 44.3. The SMILES string of the molecule is CC(=O)CCc1cc(N(C)C)c2c(c1O)C(O)=C1C(=O)[C@]3(O)C(O)=C(C(N)=O)C(=O)C[C@@H]3C[C@@H]1C2. The van der Waals surface area contributed by atoms with Crippen molar-refractivity contribution in [2.24, 2.45) is 17.6 Å². The highest BCUT2D eigenvalue weighted by Crippen LogP contribution is 2.53. The molecule has 3 aliphatic carbocycles. The van der Waals surface area contributed by atoms with Gasteiger partial charge in [0.15, 0.2) is 11.4 Å². The van der Waals surface area contributed by atoms with Gasteiger partial charge in [0.1, 0.15) is 28.6 Å². The molecule has 35 heavy (non-hydrogen) atoms. The van der Waals surface area contributed by atoms with Crippen molar-refractivity contribution in [1.29, 1.82) is 0 Å². The molecule has 6 N–H and O–H groups in total. The van der Waals surface area contributed by atoms with Gasteiger partial charge in [0.05, 0.1) is 5.56 Å². The van der Waals surface area contributed by atoms with Crippen molar-refractivity contribution in [1.82, 2.24) is 0 Å². The van der Waals surface area contributed by atoms with Gasteiger partial charge >= 0.3 is 0 Å². The minimum atomic E-state index is -2.60. The number of rotatable bonds is 5. The second kappa shape index (κ2) is 8.23. The number of carbonyl (C=O) groups is 4. The summed E-state index contributed by atoms with van der Waals surface area (Å²) in [5.74, 6) is -6.66. The Morgan fingerprint density at radius 2 is 1.83 bits per heavy atom. The van der Waals surface area contributed by atoms with Crippen molar-refractivity contribution < 1.29 is 39.6 Å². The van der Waals surface area contributed by atoms with Crippen LogP contribution >= 0.6 is 0 Å². The number of anilines is 1. The number of hydrogen-bond acceptors (Lipinski definition) is 9. The molecule has 1 saturated carbocycles. The summed E-state index contributed by atoms with van der Waals surface area (Å²) in [6.07, 6.45) is 0.319. The first kappa shape index (κ1) is 24.5. The monoisotopic (exact) mass is 484 g/mol. The van der Waals surface area contributed by atoms with Gasteiger partial charge in [-0.15, -0.1) is 0 Å². The van der Waals surface area contributed by atoms with Crippen molar-refractivity contribution in [3.8, 4) is 5.75 Å². The number of aliphatic hydroxyl groups excluding tert-OH is 2. The Kier molecular flexibility index (Phi) is 5.75. The van der Waals surface area contributed by atoms with Crippen LogP contribution in [0.25, 0.3) is 5.76 Å². The molecule has 1 amide bonds. The minimum absolute atomic E-state index is 0.0295. The molecule has 186 valence electrons. The van der Waals surface area contributed by atoms with Gasteiger partial charge in [-0.3, -0.25) is 14.4 Å². The van der Waals surface area contributed by atoms with E-state index >= 15 is 0 Å². The Morgan fingerprint density at radius 1 is 1.17 bits per heavy atom. The third-order valence-corrected chi connectivity index (χ3v) is 7.35. The lowest BCUT2D eigenvalue weighted by molar-refractivity contribution is -0.147. The zero-order valence-corrected chi connectivity index (χ0v) is 19.7. The van der Waals surface area contributed by atoms with E-state index in [0.29, 0.717) is 16.8 Å². The van der Waals surface area contributed by atoms with Crippen LogP contribution in [0.3, 0.4) is 0 Å². The average Bonchev–Trinajstić information content (AvgIpc) is 2.75. The molecule has 1 fully saturated rings. The van der Waals surface area contributed by atoms with Gasteiger partial charge in [0, 0.05) is 44.1 Å². The number of amides is 1. The number of benzene rings is 1. The van der Waals surface area contributed by atoms with E-state index in [9.17, 15) is 39.6 Å². The summed E-state index contributed by atoms with van der Waals surface area (Å²) in [4.78, 5) is 51.1. The van der Waals surface area contributed by atoms with E-state index in [1.54, 1.807) is 25.1 Å². The van der Waals surface area contributed by atoms with E-state index in [1.165, 1.54) is 6.92 Å². The number of hydrogen-bond donors (Lipinski definition) is 5. The highest BCUT2D eigenvalue weighted by molar-refractivity contribution is 6.22. The van der Waals surface area contributed by atoms with Gasteiger partial charge in [-0.2, -0.15) is 0 Å². The molecule has 1 aromatic rings. The van der Waals surface area contributed by atoms with Gasteiger partial charge in [0.25, 0.3) is 5.91 Å². The molecule has 10 nitrogen and oxygen atoms in total. The van der Waals surface area contributed by atoms with E-state index in [2.05, 4.69) is 0 Å². The molecule has 0 saturated heterocycles. The van der Waals surface area contributed by atoms with Crippen molar-refractivity contribution in [3.05, 3.63) is 39.7 Å². The first-order valence-corrected chi connectivity index (χ1v) is 11.3. The lowest BCUT2D eigenvalue weighted by Crippen LogP contribution is -2.58. The van der Waals surface area contributed by atoms with Crippen LogP contribution in [-0.4, -0.2) is 63.4 Å². The number of Topliss-reactive ketones (excluding diaryl/α,β-unsaturated/α-hetero) is 3. The Bertz CT molecular complexity index is 1260. The maximum Gasteiger partial charge on any atom is 0.255 e. The fourth-order valence-electron chi connectivity index (χ4n) is 5.62. The first-order chi connectivity index (χ1) is 16.3. The molecule has 0 radical (unpaired) electrons. The summed E-state index contributed by atoms with van der Waals surface area (Å²) in [5.41, 5.74) is 3.31. The summed E-state index contributed by atoms with van der Waals surface area (Å²) in [6, 6.07) is 1.74. The highest BCUT2D eigenvalue weighted by Gasteiger charge is 2.60. The Labute approximate surface area is 201 Å². The number of phenols is 1. The van der Waals surface area contributed by atoms with Gasteiger partial charge in [-0.05, 0) is 49.3 Å². The molecule has 0 unspecified atom stereocenters. The normalized spacial score (nSPS) is 25.7. The number of aliphatic hydroxyl groups is 3. The number of aromatic hydroxyl groups is 1. The number of primary amides is 1. The fraction of sp³-hybridized carbons (Fsp3) is 0.440. The second-order valence-corrected chi connectivity index (χ2v) is 9.76. The number of aryl methyl sites for hydroxylation is 1. The Hall–Kier alpha value is -3.66. The second-order valence-electron chi connectivity index (χ2n) is 9.76. The number of carbonyl (C=O) groups excluding carboxylic acids is 4. The van der Waals surface area contributed by atoms with Gasteiger partial charge in [-0.1, -0.05) is 0 Å². The van der Waals surface area contributed by atoms with E-state index in [4.69, 9.17) is 5.73 Å². The van der Waals surface area contributed by atoms with E-state index in [1.807, 2.05) is 0 Å². The van der Waals surface area contributed by atoms with Crippen molar-refractivity contribution in [2.75, 3.05) is 19.0 Å². The van der Waals surface area contributed by atoms with Crippen LogP contribution in [0.5, 0.6) is 5.75 Å². The number of nitrogens with two attached hydrogens (primary N) is 1. The summed E-state index contributed by atoms with van der Waals surface area (Å²) >= 11 is 0. The molecule has 1 aromatic carbocycles. The zero-order chi connectivity index (χ0) is 26.0. The van der Waals surface area contributed by atoms with Gasteiger partial charge in [-0.25, -0.2) is 0 Å². The third kappa shape index (κ3) is 3.51. The van der Waals surface area contributed by atoms with Crippen molar-refractivity contribution >= 4 is 34.7 Å². The average molecular weight is 485 g/mol. The van der Waals surface area contributed by atoms with E-state index in [-0.39, 0.29) is 54.8 Å². The van der Waals surface area contributed by atoms with Crippen LogP contribution < -0.4 is 10.6 Å². The molecule has 3 atom stereocenters. The predicted octanol–water partition coefficient (Wildman–Crippen LogP) is 1.01. The van der Waals surface area contributed by atoms with E-state index < -0.39 is 52.0 Å². The smallest absolute Gasteiger partial charge is 0.255 e. The molecule has 4 rings (SSSR count). The van der Waals surface area contributed by atoms with Crippen LogP contribution in [0, 0.1) is 11.8 Å². The zero-order valence-electron chi connectivity index (χ0n) is 19.7. The van der Waals surface area contributed by atoms with Gasteiger partial charge < -0.3 is 35.9 Å². The van der Waals surface area contributed by atoms with Gasteiger partial charge in [0.2, 0.25) is 5.78 Å². The van der Waals surface area contributed by atoms with Crippen LogP contribution in [0.1, 0.15) is 42.9 Å². The molecule has 0 bridgehead atoms. The molecule has 0 spiro atoms. The molecule has 0 aliphatic heterocycles. The summed E-state index contributed by atoms with van der Waals surface area (Å²) in [6.45, 7) is 1.43.